The predicted molar refractivity (Wildman–Crippen MR) is 136 cm³/mol. The van der Waals surface area contributed by atoms with E-state index in [1.54, 1.807) is 34.3 Å². The number of carbonyl (C=O) groups excluding carboxylic acids is 2. The highest BCUT2D eigenvalue weighted by molar-refractivity contribution is 5.91. The quantitative estimate of drug-likeness (QED) is 0.490. The average Bonchev–Trinajstić information content (AvgIpc) is 2.86. The maximum absolute atomic E-state index is 12.9. The summed E-state index contributed by atoms with van der Waals surface area (Å²) < 4.78 is 29.0. The van der Waals surface area contributed by atoms with Gasteiger partial charge in [-0.25, -0.2) is 14.8 Å². The Labute approximate surface area is 213 Å². The summed E-state index contributed by atoms with van der Waals surface area (Å²) in [5, 5.41) is 6.09. The van der Waals surface area contributed by atoms with E-state index in [0.717, 1.165) is 11.1 Å². The van der Waals surface area contributed by atoms with Gasteiger partial charge in [0.05, 0.1) is 0 Å². The van der Waals surface area contributed by atoms with E-state index in [2.05, 4.69) is 25.3 Å². The highest BCUT2D eigenvalue weighted by atomic mass is 19.3. The highest BCUT2D eigenvalue weighted by Crippen LogP contribution is 2.25. The summed E-state index contributed by atoms with van der Waals surface area (Å²) in [6.45, 7) is 3.93. The van der Waals surface area contributed by atoms with Gasteiger partial charge in [-0.2, -0.15) is 8.78 Å². The average molecular weight is 511 g/mol. The van der Waals surface area contributed by atoms with Gasteiger partial charge in [0.1, 0.15) is 5.75 Å². The number of ether oxygens (including phenoxy) is 1. The number of hydrogen-bond donors (Lipinski definition) is 2. The molecule has 2 N–H and O–H groups in total. The fraction of sp³-hybridized carbons (Fsp3) is 0.308. The van der Waals surface area contributed by atoms with Crippen LogP contribution in [0.4, 0.5) is 30.9 Å². The lowest BCUT2D eigenvalue weighted by Crippen LogP contribution is -2.55. The van der Waals surface area contributed by atoms with Crippen LogP contribution in [0.1, 0.15) is 19.4 Å². The van der Waals surface area contributed by atoms with Crippen molar-refractivity contribution >= 4 is 29.3 Å². The van der Waals surface area contributed by atoms with E-state index in [1.165, 1.54) is 19.1 Å². The number of aromatic nitrogens is 2. The molecule has 1 aromatic heterocycles. The molecule has 37 heavy (non-hydrogen) atoms. The molecule has 9 nitrogen and oxygen atoms in total. The molecule has 3 amide bonds. The summed E-state index contributed by atoms with van der Waals surface area (Å²) in [6, 6.07) is 11.5. The van der Waals surface area contributed by atoms with Crippen molar-refractivity contribution in [2.24, 2.45) is 0 Å². The number of amides is 3. The van der Waals surface area contributed by atoms with Gasteiger partial charge in [-0.05, 0) is 49.2 Å². The van der Waals surface area contributed by atoms with Gasteiger partial charge in [-0.1, -0.05) is 18.2 Å². The molecule has 1 aliphatic rings. The Morgan fingerprint density at radius 2 is 1.76 bits per heavy atom. The number of hydrogen-bond acceptors (Lipinski definition) is 6. The standard InChI is InChI=1S/C26H28F2N6O3/c1-16-4-7-21(12-23(16)32-26(36)33-10-11-34(18(3)35)17(2)15-33)31-25-29-13-20(14-30-25)19-5-8-22(9-6-19)37-24(27)28/h4-9,12-14,17,24H,10-11,15H2,1-3H3,(H,32,36)(H,29,30,31). The van der Waals surface area contributed by atoms with E-state index in [0.29, 0.717) is 42.5 Å². The van der Waals surface area contributed by atoms with Crippen LogP contribution in [0.3, 0.4) is 0 Å². The van der Waals surface area contributed by atoms with E-state index in [4.69, 9.17) is 0 Å². The normalized spacial score (nSPS) is 15.5. The molecule has 0 aliphatic carbocycles. The number of carbonyl (C=O) groups is 2. The van der Waals surface area contributed by atoms with Crippen LogP contribution in [0.25, 0.3) is 11.1 Å². The topological polar surface area (TPSA) is 99.7 Å². The van der Waals surface area contributed by atoms with Gasteiger partial charge >= 0.3 is 12.6 Å². The van der Waals surface area contributed by atoms with Gasteiger partial charge in [-0.15, -0.1) is 0 Å². The van der Waals surface area contributed by atoms with Crippen LogP contribution in [0.5, 0.6) is 5.75 Å². The maximum atomic E-state index is 12.9. The van der Waals surface area contributed by atoms with Crippen molar-refractivity contribution in [2.45, 2.75) is 33.4 Å². The number of nitrogens with one attached hydrogen (secondary N) is 2. The second kappa shape index (κ2) is 11.2. The number of nitrogens with zero attached hydrogens (tertiary/aromatic N) is 4. The molecule has 11 heteroatoms. The first-order chi connectivity index (χ1) is 17.7. The molecular formula is C26H28F2N6O3. The van der Waals surface area contributed by atoms with Crippen molar-refractivity contribution in [3.8, 4) is 16.9 Å². The lowest BCUT2D eigenvalue weighted by Gasteiger charge is -2.39. The third kappa shape index (κ3) is 6.49. The van der Waals surface area contributed by atoms with E-state index in [-0.39, 0.29) is 23.7 Å². The largest absolute Gasteiger partial charge is 0.435 e. The SMILES string of the molecule is CC(=O)N1CCN(C(=O)Nc2cc(Nc3ncc(-c4ccc(OC(F)F)cc4)cn3)ccc2C)CC1C. The first-order valence-corrected chi connectivity index (χ1v) is 11.8. The first-order valence-electron chi connectivity index (χ1n) is 11.8. The van der Waals surface area contributed by atoms with Crippen LogP contribution in [-0.4, -0.2) is 64.0 Å². The van der Waals surface area contributed by atoms with Gasteiger partial charge in [0.25, 0.3) is 0 Å². The lowest BCUT2D eigenvalue weighted by atomic mass is 10.1. The van der Waals surface area contributed by atoms with Gasteiger partial charge in [0, 0.05) is 61.9 Å². The van der Waals surface area contributed by atoms with Crippen LogP contribution in [-0.2, 0) is 4.79 Å². The first kappa shape index (κ1) is 25.8. The fourth-order valence-corrected chi connectivity index (χ4v) is 4.14. The number of rotatable bonds is 6. The lowest BCUT2D eigenvalue weighted by molar-refractivity contribution is -0.132. The zero-order valence-corrected chi connectivity index (χ0v) is 20.7. The summed E-state index contributed by atoms with van der Waals surface area (Å²) in [7, 11) is 0. The minimum absolute atomic E-state index is 0.00907. The molecule has 0 radical (unpaired) electrons. The van der Waals surface area contributed by atoms with E-state index in [9.17, 15) is 18.4 Å². The molecule has 0 spiro atoms. The van der Waals surface area contributed by atoms with Crippen molar-refractivity contribution < 1.29 is 23.1 Å². The van der Waals surface area contributed by atoms with Crippen LogP contribution in [0, 0.1) is 6.92 Å². The molecule has 1 saturated heterocycles. The Bertz CT molecular complexity index is 1250. The number of halogens is 2. The molecule has 2 heterocycles. The Hall–Kier alpha value is -4.28. The highest BCUT2D eigenvalue weighted by Gasteiger charge is 2.28. The molecular weight excluding hydrogens is 482 g/mol. The Morgan fingerprint density at radius 3 is 2.38 bits per heavy atom. The number of alkyl halides is 2. The molecule has 1 fully saturated rings. The Balaban J connectivity index is 1.39. The zero-order valence-electron chi connectivity index (χ0n) is 20.7. The van der Waals surface area contributed by atoms with Crippen molar-refractivity contribution in [3.63, 3.8) is 0 Å². The monoisotopic (exact) mass is 510 g/mol. The number of urea groups is 1. The third-order valence-electron chi connectivity index (χ3n) is 6.12. The minimum Gasteiger partial charge on any atom is -0.435 e. The number of piperazine rings is 1. The predicted octanol–water partition coefficient (Wildman–Crippen LogP) is 4.88. The maximum Gasteiger partial charge on any atom is 0.387 e. The molecule has 1 unspecified atom stereocenters. The summed E-state index contributed by atoms with van der Waals surface area (Å²) in [5.41, 5.74) is 3.71. The van der Waals surface area contributed by atoms with Crippen LogP contribution in [0.15, 0.2) is 54.9 Å². The molecule has 0 saturated carbocycles. The number of benzene rings is 2. The number of aryl methyl sites for hydroxylation is 1. The van der Waals surface area contributed by atoms with Crippen molar-refractivity contribution in [1.82, 2.24) is 19.8 Å². The van der Waals surface area contributed by atoms with Crippen molar-refractivity contribution in [3.05, 3.63) is 60.4 Å². The molecule has 1 atom stereocenters. The van der Waals surface area contributed by atoms with Crippen molar-refractivity contribution in [2.75, 3.05) is 30.3 Å². The third-order valence-corrected chi connectivity index (χ3v) is 6.12. The second-order valence-corrected chi connectivity index (χ2v) is 8.79. The van der Waals surface area contributed by atoms with Gasteiger partial charge < -0.3 is 25.2 Å². The van der Waals surface area contributed by atoms with Gasteiger partial charge in [-0.3, -0.25) is 4.79 Å². The molecule has 2 aromatic carbocycles. The summed E-state index contributed by atoms with van der Waals surface area (Å²) in [5.74, 6) is 0.444. The van der Waals surface area contributed by atoms with Gasteiger partial charge in [0.15, 0.2) is 0 Å². The van der Waals surface area contributed by atoms with E-state index < -0.39 is 6.61 Å². The van der Waals surface area contributed by atoms with E-state index in [1.807, 2.05) is 32.0 Å². The smallest absolute Gasteiger partial charge is 0.387 e. The van der Waals surface area contributed by atoms with Crippen molar-refractivity contribution in [1.29, 1.82) is 0 Å². The summed E-state index contributed by atoms with van der Waals surface area (Å²) in [6.07, 6.45) is 3.24. The zero-order chi connectivity index (χ0) is 26.5. The Morgan fingerprint density at radius 1 is 1.05 bits per heavy atom. The van der Waals surface area contributed by atoms with Crippen LogP contribution >= 0.6 is 0 Å². The Kier molecular flexibility index (Phi) is 7.80. The molecule has 4 rings (SSSR count). The van der Waals surface area contributed by atoms with Crippen LogP contribution in [0.2, 0.25) is 0 Å². The minimum atomic E-state index is -2.87. The van der Waals surface area contributed by atoms with Gasteiger partial charge in [0.2, 0.25) is 11.9 Å². The molecule has 194 valence electrons. The second-order valence-electron chi connectivity index (χ2n) is 8.79. The number of anilines is 3. The van der Waals surface area contributed by atoms with Crippen LogP contribution < -0.4 is 15.4 Å². The molecule has 3 aromatic rings. The molecule has 0 bridgehead atoms. The molecule has 1 aliphatic heterocycles. The summed E-state index contributed by atoms with van der Waals surface area (Å²) >= 11 is 0. The fourth-order valence-electron chi connectivity index (χ4n) is 4.14. The van der Waals surface area contributed by atoms with E-state index >= 15 is 0 Å². The summed E-state index contributed by atoms with van der Waals surface area (Å²) in [4.78, 5) is 36.7.